The van der Waals surface area contributed by atoms with E-state index in [9.17, 15) is 4.39 Å². The number of hydrogen-bond acceptors (Lipinski definition) is 4. The highest BCUT2D eigenvalue weighted by molar-refractivity contribution is 5.97. The van der Waals surface area contributed by atoms with Crippen LogP contribution in [0.15, 0.2) is 79.1 Å². The molecule has 0 aliphatic carbocycles. The van der Waals surface area contributed by atoms with Gasteiger partial charge in [-0.25, -0.2) is 9.37 Å². The van der Waals surface area contributed by atoms with E-state index in [1.165, 1.54) is 12.1 Å². The van der Waals surface area contributed by atoms with Crippen molar-refractivity contribution in [2.24, 2.45) is 0 Å². The van der Waals surface area contributed by atoms with E-state index >= 15 is 0 Å². The number of H-pyrrole nitrogens is 2. The quantitative estimate of drug-likeness (QED) is 0.414. The molecular formula is C24H15FN6. The van der Waals surface area contributed by atoms with E-state index in [1.807, 2.05) is 48.5 Å². The fourth-order valence-electron chi connectivity index (χ4n) is 3.78. The van der Waals surface area contributed by atoms with Crippen LogP contribution in [0.5, 0.6) is 0 Å². The summed E-state index contributed by atoms with van der Waals surface area (Å²) in [5.41, 5.74) is 6.29. The van der Waals surface area contributed by atoms with Crippen LogP contribution in [0.4, 0.5) is 4.39 Å². The van der Waals surface area contributed by atoms with Gasteiger partial charge in [0.15, 0.2) is 5.82 Å². The Morgan fingerprint density at radius 1 is 0.806 bits per heavy atom. The van der Waals surface area contributed by atoms with Crippen LogP contribution in [-0.2, 0) is 0 Å². The van der Waals surface area contributed by atoms with Crippen LogP contribution in [0, 0.1) is 5.82 Å². The lowest BCUT2D eigenvalue weighted by Gasteiger charge is -2.02. The number of para-hydroxylation sites is 1. The molecule has 0 saturated carbocycles. The zero-order valence-corrected chi connectivity index (χ0v) is 16.2. The molecule has 4 heterocycles. The van der Waals surface area contributed by atoms with E-state index in [1.54, 1.807) is 18.5 Å². The molecule has 0 bridgehead atoms. The van der Waals surface area contributed by atoms with Crippen molar-refractivity contribution in [2.45, 2.75) is 0 Å². The Bertz CT molecular complexity index is 1550. The predicted molar refractivity (Wildman–Crippen MR) is 118 cm³/mol. The number of benzene rings is 2. The molecule has 2 N–H and O–H groups in total. The van der Waals surface area contributed by atoms with Crippen molar-refractivity contribution < 1.29 is 4.39 Å². The average molecular weight is 406 g/mol. The molecule has 0 unspecified atom stereocenters. The SMILES string of the molecule is Fc1cccc(-c2cccc3[nH]c(-c4n[nH]c5cnc(-c6ccccn6)cc45)nc23)c1. The first kappa shape index (κ1) is 17.5. The molecule has 0 radical (unpaired) electrons. The van der Waals surface area contributed by atoms with Gasteiger partial charge in [0.1, 0.15) is 11.5 Å². The number of fused-ring (bicyclic) bond motifs is 2. The predicted octanol–water partition coefficient (Wildman–Crippen LogP) is 5.37. The second-order valence-corrected chi connectivity index (χ2v) is 7.20. The van der Waals surface area contributed by atoms with Gasteiger partial charge in [0.25, 0.3) is 0 Å². The standard InChI is InChI=1S/C24H15FN6/c25-15-6-3-5-14(11-15)16-7-4-9-19-22(16)29-24(28-19)23-17-12-20(18-8-1-2-10-26-18)27-13-21(17)30-31-23/h1-13H,(H,28,29)(H,30,31). The minimum absolute atomic E-state index is 0.280. The number of hydrogen-bond donors (Lipinski definition) is 2. The maximum atomic E-state index is 13.8. The molecule has 0 amide bonds. The fraction of sp³-hybridized carbons (Fsp3) is 0. The minimum Gasteiger partial charge on any atom is -0.337 e. The molecule has 0 fully saturated rings. The van der Waals surface area contributed by atoms with Crippen LogP contribution in [0.1, 0.15) is 0 Å². The van der Waals surface area contributed by atoms with Crippen LogP contribution >= 0.6 is 0 Å². The maximum absolute atomic E-state index is 13.8. The number of nitrogens with zero attached hydrogens (tertiary/aromatic N) is 4. The molecule has 7 heteroatoms. The van der Waals surface area contributed by atoms with Gasteiger partial charge in [-0.1, -0.05) is 30.3 Å². The number of halogens is 1. The van der Waals surface area contributed by atoms with Crippen LogP contribution in [-0.4, -0.2) is 30.1 Å². The molecule has 6 aromatic rings. The van der Waals surface area contributed by atoms with Crippen LogP contribution in [0.2, 0.25) is 0 Å². The molecule has 4 aromatic heterocycles. The first-order valence-corrected chi connectivity index (χ1v) is 9.77. The van der Waals surface area contributed by atoms with E-state index in [2.05, 4.69) is 25.1 Å². The van der Waals surface area contributed by atoms with E-state index in [0.29, 0.717) is 11.5 Å². The number of aromatic amines is 2. The molecule has 0 aliphatic heterocycles. The molecule has 2 aromatic carbocycles. The zero-order valence-electron chi connectivity index (χ0n) is 16.2. The van der Waals surface area contributed by atoms with E-state index in [0.717, 1.165) is 44.5 Å². The van der Waals surface area contributed by atoms with Crippen LogP contribution < -0.4 is 0 Å². The van der Waals surface area contributed by atoms with Crippen molar-refractivity contribution in [3.05, 3.63) is 84.9 Å². The molecule has 6 nitrogen and oxygen atoms in total. The largest absolute Gasteiger partial charge is 0.337 e. The molecule has 0 saturated heterocycles. The lowest BCUT2D eigenvalue weighted by atomic mass is 10.0. The number of pyridine rings is 2. The number of rotatable bonds is 3. The molecule has 6 rings (SSSR count). The second-order valence-electron chi connectivity index (χ2n) is 7.20. The topological polar surface area (TPSA) is 83.1 Å². The lowest BCUT2D eigenvalue weighted by Crippen LogP contribution is -1.87. The smallest absolute Gasteiger partial charge is 0.159 e. The van der Waals surface area contributed by atoms with E-state index < -0.39 is 0 Å². The van der Waals surface area contributed by atoms with Crippen molar-refractivity contribution in [3.63, 3.8) is 0 Å². The van der Waals surface area contributed by atoms with Gasteiger partial charge in [-0.15, -0.1) is 0 Å². The third-order valence-electron chi connectivity index (χ3n) is 5.25. The molecule has 0 atom stereocenters. The summed E-state index contributed by atoms with van der Waals surface area (Å²) < 4.78 is 13.8. The van der Waals surface area contributed by atoms with Crippen LogP contribution in [0.25, 0.3) is 56.0 Å². The minimum atomic E-state index is -0.280. The summed E-state index contributed by atoms with van der Waals surface area (Å²) >= 11 is 0. The zero-order chi connectivity index (χ0) is 20.8. The fourth-order valence-corrected chi connectivity index (χ4v) is 3.78. The van der Waals surface area contributed by atoms with E-state index in [-0.39, 0.29) is 5.82 Å². The Morgan fingerprint density at radius 2 is 1.74 bits per heavy atom. The Labute approximate surface area is 175 Å². The summed E-state index contributed by atoms with van der Waals surface area (Å²) in [6.45, 7) is 0. The number of nitrogens with one attached hydrogen (secondary N) is 2. The maximum Gasteiger partial charge on any atom is 0.159 e. The van der Waals surface area contributed by atoms with Crippen molar-refractivity contribution >= 4 is 21.9 Å². The van der Waals surface area contributed by atoms with E-state index in [4.69, 9.17) is 4.98 Å². The highest BCUT2D eigenvalue weighted by Crippen LogP contribution is 2.32. The van der Waals surface area contributed by atoms with Gasteiger partial charge in [0.2, 0.25) is 0 Å². The summed E-state index contributed by atoms with van der Waals surface area (Å²) in [5, 5.41) is 8.38. The molecule has 31 heavy (non-hydrogen) atoms. The summed E-state index contributed by atoms with van der Waals surface area (Å²) in [6.07, 6.45) is 3.49. The van der Waals surface area contributed by atoms with Crippen molar-refractivity contribution in [1.29, 1.82) is 0 Å². The van der Waals surface area contributed by atoms with Gasteiger partial charge >= 0.3 is 0 Å². The summed E-state index contributed by atoms with van der Waals surface area (Å²) in [7, 11) is 0. The summed E-state index contributed by atoms with van der Waals surface area (Å²) in [5.74, 6) is 0.349. The molecule has 0 spiro atoms. The highest BCUT2D eigenvalue weighted by atomic mass is 19.1. The van der Waals surface area contributed by atoms with Gasteiger partial charge < -0.3 is 4.98 Å². The molecular weight excluding hydrogens is 391 g/mol. The van der Waals surface area contributed by atoms with Crippen LogP contribution in [0.3, 0.4) is 0 Å². The van der Waals surface area contributed by atoms with Gasteiger partial charge in [-0.3, -0.25) is 15.1 Å². The summed E-state index contributed by atoms with van der Waals surface area (Å²) in [6, 6.07) is 20.0. The Kier molecular flexibility index (Phi) is 3.86. The molecule has 0 aliphatic rings. The summed E-state index contributed by atoms with van der Waals surface area (Å²) in [4.78, 5) is 17.0. The lowest BCUT2D eigenvalue weighted by molar-refractivity contribution is 0.628. The third kappa shape index (κ3) is 2.95. The normalized spacial score (nSPS) is 11.4. The number of imidazole rings is 1. The molecule has 148 valence electrons. The Morgan fingerprint density at radius 3 is 2.61 bits per heavy atom. The van der Waals surface area contributed by atoms with Crippen molar-refractivity contribution in [2.75, 3.05) is 0 Å². The van der Waals surface area contributed by atoms with Gasteiger partial charge in [-0.2, -0.15) is 5.10 Å². The second kappa shape index (κ2) is 6.84. The first-order valence-electron chi connectivity index (χ1n) is 9.77. The first-order chi connectivity index (χ1) is 15.3. The van der Waals surface area contributed by atoms with Gasteiger partial charge in [0, 0.05) is 17.1 Å². The Hall–Kier alpha value is -4.39. The highest BCUT2D eigenvalue weighted by Gasteiger charge is 2.16. The Balaban J connectivity index is 1.52. The average Bonchev–Trinajstić information content (AvgIpc) is 3.43. The van der Waals surface area contributed by atoms with Crippen molar-refractivity contribution in [3.8, 4) is 34.0 Å². The third-order valence-corrected chi connectivity index (χ3v) is 5.25. The van der Waals surface area contributed by atoms with Crippen molar-refractivity contribution in [1.82, 2.24) is 30.1 Å². The number of aromatic nitrogens is 6. The van der Waals surface area contributed by atoms with Gasteiger partial charge in [0.05, 0.1) is 34.1 Å². The van der Waals surface area contributed by atoms with Gasteiger partial charge in [-0.05, 0) is 42.0 Å². The monoisotopic (exact) mass is 406 g/mol.